The van der Waals surface area contributed by atoms with Gasteiger partial charge in [0.15, 0.2) is 0 Å². The first-order valence-corrected chi connectivity index (χ1v) is 9.72. The molecular formula is C22H27N3O4. The van der Waals surface area contributed by atoms with Gasteiger partial charge in [0.1, 0.15) is 12.4 Å². The summed E-state index contributed by atoms with van der Waals surface area (Å²) in [5.74, 6) is 0.360. The van der Waals surface area contributed by atoms with E-state index in [1.807, 2.05) is 24.3 Å². The lowest BCUT2D eigenvalue weighted by Crippen LogP contribution is -2.24. The SMILES string of the molecule is CN(C)C(=O)c1cccc(NC(=O)CNc2ccccc2OCC2CCCO2)c1. The summed E-state index contributed by atoms with van der Waals surface area (Å²) in [6, 6.07) is 14.4. The van der Waals surface area contributed by atoms with E-state index in [1.54, 1.807) is 38.4 Å². The first kappa shape index (κ1) is 20.7. The molecule has 0 spiro atoms. The number of ether oxygens (including phenoxy) is 2. The van der Waals surface area contributed by atoms with Gasteiger partial charge in [0.05, 0.1) is 18.3 Å². The molecule has 29 heavy (non-hydrogen) atoms. The summed E-state index contributed by atoms with van der Waals surface area (Å²) >= 11 is 0. The predicted octanol–water partition coefficient (Wildman–Crippen LogP) is 3.00. The first-order chi connectivity index (χ1) is 14.0. The molecular weight excluding hydrogens is 370 g/mol. The third-order valence-corrected chi connectivity index (χ3v) is 4.57. The Balaban J connectivity index is 1.54. The average Bonchev–Trinajstić information content (AvgIpc) is 3.24. The molecule has 0 radical (unpaired) electrons. The van der Waals surface area contributed by atoms with Crippen LogP contribution in [0.4, 0.5) is 11.4 Å². The zero-order valence-electron chi connectivity index (χ0n) is 16.8. The summed E-state index contributed by atoms with van der Waals surface area (Å²) in [7, 11) is 3.38. The number of carbonyl (C=O) groups excluding carboxylic acids is 2. The van der Waals surface area contributed by atoms with Crippen LogP contribution in [0.2, 0.25) is 0 Å². The molecule has 2 amide bonds. The smallest absolute Gasteiger partial charge is 0.253 e. The first-order valence-electron chi connectivity index (χ1n) is 9.72. The van der Waals surface area contributed by atoms with E-state index in [2.05, 4.69) is 10.6 Å². The van der Waals surface area contributed by atoms with E-state index in [0.29, 0.717) is 23.6 Å². The molecule has 7 heteroatoms. The van der Waals surface area contributed by atoms with Crippen molar-refractivity contribution in [2.75, 3.05) is 44.5 Å². The van der Waals surface area contributed by atoms with Gasteiger partial charge in [-0.1, -0.05) is 18.2 Å². The minimum absolute atomic E-state index is 0.0756. The van der Waals surface area contributed by atoms with Crippen molar-refractivity contribution >= 4 is 23.2 Å². The minimum Gasteiger partial charge on any atom is -0.489 e. The Morgan fingerprint density at radius 1 is 1.17 bits per heavy atom. The van der Waals surface area contributed by atoms with Crippen LogP contribution in [0.1, 0.15) is 23.2 Å². The van der Waals surface area contributed by atoms with Crippen molar-refractivity contribution in [3.63, 3.8) is 0 Å². The largest absolute Gasteiger partial charge is 0.489 e. The highest BCUT2D eigenvalue weighted by atomic mass is 16.5. The lowest BCUT2D eigenvalue weighted by atomic mass is 10.2. The Hall–Kier alpha value is -3.06. The van der Waals surface area contributed by atoms with Crippen molar-refractivity contribution < 1.29 is 19.1 Å². The zero-order chi connectivity index (χ0) is 20.6. The van der Waals surface area contributed by atoms with Crippen molar-refractivity contribution in [1.82, 2.24) is 4.90 Å². The van der Waals surface area contributed by atoms with Gasteiger partial charge in [-0.15, -0.1) is 0 Å². The molecule has 0 aromatic heterocycles. The standard InChI is InChI=1S/C22H27N3O4/c1-25(2)22(27)16-7-5-8-17(13-16)24-21(26)14-23-19-10-3-4-11-20(19)29-15-18-9-6-12-28-18/h3-5,7-8,10-11,13,18,23H,6,9,12,14-15H2,1-2H3,(H,24,26). The van der Waals surface area contributed by atoms with Crippen LogP contribution in [-0.2, 0) is 9.53 Å². The minimum atomic E-state index is -0.214. The fourth-order valence-corrected chi connectivity index (χ4v) is 3.07. The van der Waals surface area contributed by atoms with Gasteiger partial charge in [-0.25, -0.2) is 0 Å². The number of hydrogen-bond donors (Lipinski definition) is 2. The molecule has 1 aliphatic heterocycles. The van der Waals surface area contributed by atoms with E-state index in [4.69, 9.17) is 9.47 Å². The number of amides is 2. The summed E-state index contributed by atoms with van der Waals surface area (Å²) < 4.78 is 11.5. The predicted molar refractivity (Wildman–Crippen MR) is 112 cm³/mol. The van der Waals surface area contributed by atoms with Crippen LogP contribution < -0.4 is 15.4 Å². The number of anilines is 2. The number of rotatable bonds is 8. The lowest BCUT2D eigenvalue weighted by molar-refractivity contribution is -0.114. The summed E-state index contributed by atoms with van der Waals surface area (Å²) in [5.41, 5.74) is 1.85. The van der Waals surface area contributed by atoms with E-state index in [-0.39, 0.29) is 24.5 Å². The molecule has 0 aliphatic carbocycles. The molecule has 3 rings (SSSR count). The fraction of sp³-hybridized carbons (Fsp3) is 0.364. The maximum absolute atomic E-state index is 12.3. The van der Waals surface area contributed by atoms with Crippen molar-refractivity contribution in [1.29, 1.82) is 0 Å². The quantitative estimate of drug-likeness (QED) is 0.716. The lowest BCUT2D eigenvalue weighted by Gasteiger charge is -2.16. The molecule has 7 nitrogen and oxygen atoms in total. The van der Waals surface area contributed by atoms with Gasteiger partial charge in [0.2, 0.25) is 5.91 Å². The highest BCUT2D eigenvalue weighted by Crippen LogP contribution is 2.25. The third-order valence-electron chi connectivity index (χ3n) is 4.57. The highest BCUT2D eigenvalue weighted by molar-refractivity contribution is 5.98. The maximum Gasteiger partial charge on any atom is 0.253 e. The van der Waals surface area contributed by atoms with E-state index >= 15 is 0 Å². The number of nitrogens with one attached hydrogen (secondary N) is 2. The Morgan fingerprint density at radius 3 is 2.76 bits per heavy atom. The van der Waals surface area contributed by atoms with Gasteiger partial charge in [0.25, 0.3) is 5.91 Å². The van der Waals surface area contributed by atoms with E-state index in [0.717, 1.165) is 25.1 Å². The second-order valence-corrected chi connectivity index (χ2v) is 7.12. The second-order valence-electron chi connectivity index (χ2n) is 7.12. The molecule has 0 bridgehead atoms. The third kappa shape index (κ3) is 5.96. The summed E-state index contributed by atoms with van der Waals surface area (Å²) in [4.78, 5) is 25.9. The van der Waals surface area contributed by atoms with Crippen molar-refractivity contribution in [2.45, 2.75) is 18.9 Å². The van der Waals surface area contributed by atoms with E-state index in [9.17, 15) is 9.59 Å². The summed E-state index contributed by atoms with van der Waals surface area (Å²) in [5, 5.41) is 5.92. The molecule has 2 aromatic carbocycles. The molecule has 1 heterocycles. The van der Waals surface area contributed by atoms with Crippen LogP contribution in [0.15, 0.2) is 48.5 Å². The fourth-order valence-electron chi connectivity index (χ4n) is 3.07. The van der Waals surface area contributed by atoms with Crippen LogP contribution in [-0.4, -0.2) is 56.7 Å². The molecule has 1 aliphatic rings. The van der Waals surface area contributed by atoms with Gasteiger partial charge in [-0.3, -0.25) is 9.59 Å². The van der Waals surface area contributed by atoms with Crippen LogP contribution in [0, 0.1) is 0 Å². The van der Waals surface area contributed by atoms with Crippen LogP contribution >= 0.6 is 0 Å². The molecule has 1 saturated heterocycles. The van der Waals surface area contributed by atoms with Crippen molar-refractivity contribution in [3.8, 4) is 5.75 Å². The van der Waals surface area contributed by atoms with Crippen molar-refractivity contribution in [2.24, 2.45) is 0 Å². The van der Waals surface area contributed by atoms with Crippen LogP contribution in [0.3, 0.4) is 0 Å². The molecule has 154 valence electrons. The summed E-state index contributed by atoms with van der Waals surface area (Å²) in [6.07, 6.45) is 2.20. The van der Waals surface area contributed by atoms with Gasteiger partial charge >= 0.3 is 0 Å². The molecule has 1 fully saturated rings. The molecule has 0 saturated carbocycles. The molecule has 2 aromatic rings. The maximum atomic E-state index is 12.3. The Morgan fingerprint density at radius 2 is 2.00 bits per heavy atom. The van der Waals surface area contributed by atoms with Gasteiger partial charge in [-0.2, -0.15) is 0 Å². The zero-order valence-corrected chi connectivity index (χ0v) is 16.8. The Kier molecular flexibility index (Phi) is 7.08. The number of para-hydroxylation sites is 2. The van der Waals surface area contributed by atoms with Crippen molar-refractivity contribution in [3.05, 3.63) is 54.1 Å². The van der Waals surface area contributed by atoms with Gasteiger partial charge < -0.3 is 25.0 Å². The monoisotopic (exact) mass is 397 g/mol. The molecule has 2 N–H and O–H groups in total. The normalized spacial score (nSPS) is 15.6. The molecule has 1 unspecified atom stereocenters. The van der Waals surface area contributed by atoms with Crippen LogP contribution in [0.5, 0.6) is 5.75 Å². The Labute approximate surface area is 171 Å². The number of nitrogens with zero attached hydrogens (tertiary/aromatic N) is 1. The van der Waals surface area contributed by atoms with E-state index < -0.39 is 0 Å². The number of carbonyl (C=O) groups is 2. The molecule has 1 atom stereocenters. The Bertz CT molecular complexity index is 847. The second kappa shape index (κ2) is 9.93. The van der Waals surface area contributed by atoms with Gasteiger partial charge in [-0.05, 0) is 43.2 Å². The summed E-state index contributed by atoms with van der Waals surface area (Å²) in [6.45, 7) is 1.36. The average molecular weight is 397 g/mol. The van der Waals surface area contributed by atoms with Crippen LogP contribution in [0.25, 0.3) is 0 Å². The number of hydrogen-bond acceptors (Lipinski definition) is 5. The number of benzene rings is 2. The van der Waals surface area contributed by atoms with Gasteiger partial charge in [0, 0.05) is 32.0 Å². The van der Waals surface area contributed by atoms with E-state index in [1.165, 1.54) is 4.90 Å². The highest BCUT2D eigenvalue weighted by Gasteiger charge is 2.17. The topological polar surface area (TPSA) is 79.9 Å².